The van der Waals surface area contributed by atoms with Crippen LogP contribution in [0.15, 0.2) is 29.2 Å². The van der Waals surface area contributed by atoms with Gasteiger partial charge in [0.15, 0.2) is 22.2 Å². The standard InChI is InChI=1S/C15H19NO6S/c1-10(17)22-9-13(18)16-15(2,3)14(19)11-5-7-12(8-6-11)23(4,20)21/h5-8H,9H2,1-4H3,(H,16,18). The van der Waals surface area contributed by atoms with Crippen molar-refractivity contribution in [1.82, 2.24) is 5.32 Å². The van der Waals surface area contributed by atoms with Gasteiger partial charge in [-0.25, -0.2) is 8.42 Å². The molecule has 0 radical (unpaired) electrons. The first-order chi connectivity index (χ1) is 10.4. The van der Waals surface area contributed by atoms with E-state index < -0.39 is 39.6 Å². The number of benzene rings is 1. The molecule has 0 aliphatic heterocycles. The monoisotopic (exact) mass is 341 g/mol. The number of Topliss-reactive ketones (excluding diaryl/α,β-unsaturated/α-hetero) is 1. The molecule has 0 spiro atoms. The van der Waals surface area contributed by atoms with Crippen molar-refractivity contribution in [2.75, 3.05) is 12.9 Å². The molecule has 0 heterocycles. The quantitative estimate of drug-likeness (QED) is 0.604. The molecule has 1 aromatic rings. The van der Waals surface area contributed by atoms with E-state index in [2.05, 4.69) is 10.1 Å². The first-order valence-electron chi connectivity index (χ1n) is 6.73. The number of amides is 1. The molecule has 7 nitrogen and oxygen atoms in total. The predicted molar refractivity (Wildman–Crippen MR) is 82.7 cm³/mol. The minimum absolute atomic E-state index is 0.103. The summed E-state index contributed by atoms with van der Waals surface area (Å²) >= 11 is 0. The highest BCUT2D eigenvalue weighted by molar-refractivity contribution is 7.90. The molecule has 126 valence electrons. The smallest absolute Gasteiger partial charge is 0.303 e. The van der Waals surface area contributed by atoms with Crippen molar-refractivity contribution in [2.24, 2.45) is 0 Å². The number of sulfone groups is 1. The van der Waals surface area contributed by atoms with Crippen LogP contribution < -0.4 is 5.32 Å². The van der Waals surface area contributed by atoms with Crippen molar-refractivity contribution >= 4 is 27.5 Å². The Kier molecular flexibility index (Phi) is 5.65. The average Bonchev–Trinajstić information content (AvgIpc) is 2.43. The first-order valence-corrected chi connectivity index (χ1v) is 8.62. The molecular weight excluding hydrogens is 322 g/mol. The molecule has 1 aromatic carbocycles. The van der Waals surface area contributed by atoms with Gasteiger partial charge >= 0.3 is 5.97 Å². The molecule has 0 fully saturated rings. The highest BCUT2D eigenvalue weighted by atomic mass is 32.2. The lowest BCUT2D eigenvalue weighted by Crippen LogP contribution is -2.51. The van der Waals surface area contributed by atoms with Crippen LogP contribution in [0.1, 0.15) is 31.1 Å². The Morgan fingerprint density at radius 2 is 1.65 bits per heavy atom. The number of hydrogen-bond donors (Lipinski definition) is 1. The van der Waals surface area contributed by atoms with Crippen molar-refractivity contribution in [1.29, 1.82) is 0 Å². The molecule has 1 N–H and O–H groups in total. The summed E-state index contributed by atoms with van der Waals surface area (Å²) in [5.41, 5.74) is -0.973. The number of ketones is 1. The summed E-state index contributed by atoms with van der Waals surface area (Å²) in [6.07, 6.45) is 1.07. The van der Waals surface area contributed by atoms with E-state index in [1.54, 1.807) is 0 Å². The van der Waals surface area contributed by atoms with E-state index in [0.717, 1.165) is 6.26 Å². The van der Waals surface area contributed by atoms with Crippen LogP contribution in [0.25, 0.3) is 0 Å². The summed E-state index contributed by atoms with van der Waals surface area (Å²) in [4.78, 5) is 34.9. The van der Waals surface area contributed by atoms with E-state index in [9.17, 15) is 22.8 Å². The molecule has 0 saturated carbocycles. The van der Waals surface area contributed by atoms with E-state index in [1.807, 2.05) is 0 Å². The van der Waals surface area contributed by atoms with Gasteiger partial charge in [0.25, 0.3) is 5.91 Å². The van der Waals surface area contributed by atoms with E-state index in [0.29, 0.717) is 0 Å². The lowest BCUT2D eigenvalue weighted by Gasteiger charge is -2.24. The maximum Gasteiger partial charge on any atom is 0.303 e. The lowest BCUT2D eigenvalue weighted by atomic mass is 9.93. The molecule has 0 saturated heterocycles. The highest BCUT2D eigenvalue weighted by Crippen LogP contribution is 2.16. The molecule has 0 aliphatic carbocycles. The Morgan fingerprint density at radius 1 is 1.13 bits per heavy atom. The fourth-order valence-electron chi connectivity index (χ4n) is 1.82. The van der Waals surface area contributed by atoms with Crippen LogP contribution in [0.3, 0.4) is 0 Å². The molecule has 1 amide bonds. The SMILES string of the molecule is CC(=O)OCC(=O)NC(C)(C)C(=O)c1ccc(S(C)(=O)=O)cc1. The Bertz CT molecular complexity index is 719. The minimum Gasteiger partial charge on any atom is -0.456 e. The molecule has 1 rings (SSSR count). The van der Waals surface area contributed by atoms with Gasteiger partial charge in [0.1, 0.15) is 0 Å². The topological polar surface area (TPSA) is 107 Å². The molecule has 23 heavy (non-hydrogen) atoms. The fraction of sp³-hybridized carbons (Fsp3) is 0.400. The zero-order chi connectivity index (χ0) is 17.8. The summed E-state index contributed by atoms with van der Waals surface area (Å²) in [7, 11) is -3.34. The van der Waals surface area contributed by atoms with Gasteiger partial charge in [-0.15, -0.1) is 0 Å². The van der Waals surface area contributed by atoms with Gasteiger partial charge < -0.3 is 10.1 Å². The van der Waals surface area contributed by atoms with Crippen LogP contribution >= 0.6 is 0 Å². The average molecular weight is 341 g/mol. The fourth-order valence-corrected chi connectivity index (χ4v) is 2.45. The molecule has 0 aliphatic rings. The predicted octanol–water partition coefficient (Wildman–Crippen LogP) is 0.731. The van der Waals surface area contributed by atoms with E-state index in [1.165, 1.54) is 45.0 Å². The van der Waals surface area contributed by atoms with Gasteiger partial charge in [-0.3, -0.25) is 14.4 Å². The van der Waals surface area contributed by atoms with E-state index in [4.69, 9.17) is 0 Å². The number of rotatable bonds is 6. The second kappa shape index (κ2) is 6.91. The van der Waals surface area contributed by atoms with Crippen LogP contribution in [0.4, 0.5) is 0 Å². The van der Waals surface area contributed by atoms with Crippen molar-refractivity contribution < 1.29 is 27.5 Å². The third kappa shape index (κ3) is 5.48. The third-order valence-electron chi connectivity index (χ3n) is 2.97. The van der Waals surface area contributed by atoms with Gasteiger partial charge in [-0.05, 0) is 26.0 Å². The van der Waals surface area contributed by atoms with Crippen molar-refractivity contribution in [3.63, 3.8) is 0 Å². The second-order valence-corrected chi connectivity index (χ2v) is 7.59. The Labute approximate surface area is 134 Å². The van der Waals surface area contributed by atoms with Gasteiger partial charge in [-0.1, -0.05) is 12.1 Å². The third-order valence-corrected chi connectivity index (χ3v) is 4.10. The Morgan fingerprint density at radius 3 is 2.09 bits per heavy atom. The summed E-state index contributed by atoms with van der Waals surface area (Å²) in [5.74, 6) is -1.60. The van der Waals surface area contributed by atoms with Crippen molar-refractivity contribution in [2.45, 2.75) is 31.2 Å². The van der Waals surface area contributed by atoms with E-state index in [-0.39, 0.29) is 10.5 Å². The number of carbonyl (C=O) groups excluding carboxylic acids is 3. The van der Waals surface area contributed by atoms with Crippen LogP contribution in [0.5, 0.6) is 0 Å². The van der Waals surface area contributed by atoms with Crippen LogP contribution in [-0.4, -0.2) is 44.5 Å². The first kappa shape index (κ1) is 18.8. The number of nitrogens with one attached hydrogen (secondary N) is 1. The zero-order valence-electron chi connectivity index (χ0n) is 13.4. The number of ether oxygens (including phenoxy) is 1. The second-order valence-electron chi connectivity index (χ2n) is 5.58. The van der Waals surface area contributed by atoms with Gasteiger partial charge in [0.05, 0.1) is 10.4 Å². The summed E-state index contributed by atoms with van der Waals surface area (Å²) < 4.78 is 27.4. The number of esters is 1. The lowest BCUT2D eigenvalue weighted by molar-refractivity contribution is -0.146. The van der Waals surface area contributed by atoms with Crippen LogP contribution in [-0.2, 0) is 24.2 Å². The van der Waals surface area contributed by atoms with Gasteiger partial charge in [0.2, 0.25) is 0 Å². The zero-order valence-corrected chi connectivity index (χ0v) is 14.2. The molecule has 0 atom stereocenters. The maximum atomic E-state index is 12.4. The number of carbonyl (C=O) groups is 3. The summed E-state index contributed by atoms with van der Waals surface area (Å²) in [5, 5.41) is 2.47. The van der Waals surface area contributed by atoms with Crippen LogP contribution in [0.2, 0.25) is 0 Å². The van der Waals surface area contributed by atoms with Crippen molar-refractivity contribution in [3.8, 4) is 0 Å². The summed E-state index contributed by atoms with van der Waals surface area (Å²) in [6.45, 7) is 3.71. The van der Waals surface area contributed by atoms with E-state index >= 15 is 0 Å². The Hall–Kier alpha value is -2.22. The molecule has 0 unspecified atom stereocenters. The molecule has 8 heteroatoms. The molecular formula is C15H19NO6S. The van der Waals surface area contributed by atoms with Crippen LogP contribution in [0, 0.1) is 0 Å². The minimum atomic E-state index is -3.34. The number of hydrogen-bond acceptors (Lipinski definition) is 6. The highest BCUT2D eigenvalue weighted by Gasteiger charge is 2.30. The normalized spacial score (nSPS) is 11.7. The largest absolute Gasteiger partial charge is 0.456 e. The Balaban J connectivity index is 2.86. The maximum absolute atomic E-state index is 12.4. The van der Waals surface area contributed by atoms with Gasteiger partial charge in [-0.2, -0.15) is 0 Å². The summed E-state index contributed by atoms with van der Waals surface area (Å²) in [6, 6.07) is 5.44. The molecule has 0 aromatic heterocycles. The molecule has 0 bridgehead atoms. The van der Waals surface area contributed by atoms with Gasteiger partial charge in [0, 0.05) is 18.7 Å². The van der Waals surface area contributed by atoms with Crippen molar-refractivity contribution in [3.05, 3.63) is 29.8 Å².